The standard InChI is InChI=1S/C17H23N3O2/c1-13-6-2-3-7-16(13)22-11-5-4-10-20-17(14-8-9-14)15(12-21)18-19-20/h2-3,6-7,14,21H,4-5,8-12H2,1H3. The molecule has 1 aliphatic rings. The summed E-state index contributed by atoms with van der Waals surface area (Å²) in [5, 5.41) is 17.6. The molecule has 3 rings (SSSR count). The maximum atomic E-state index is 9.33. The van der Waals surface area contributed by atoms with E-state index in [0.717, 1.165) is 36.5 Å². The van der Waals surface area contributed by atoms with Crippen LogP contribution in [0.3, 0.4) is 0 Å². The van der Waals surface area contributed by atoms with Gasteiger partial charge in [0, 0.05) is 12.5 Å². The number of hydrogen-bond acceptors (Lipinski definition) is 4. The van der Waals surface area contributed by atoms with Gasteiger partial charge in [-0.1, -0.05) is 23.4 Å². The van der Waals surface area contributed by atoms with E-state index in [4.69, 9.17) is 4.74 Å². The lowest BCUT2D eigenvalue weighted by atomic mass is 10.2. The van der Waals surface area contributed by atoms with Crippen LogP contribution in [0.25, 0.3) is 0 Å². The number of aryl methyl sites for hydroxylation is 2. The van der Waals surface area contributed by atoms with E-state index in [0.29, 0.717) is 12.5 Å². The minimum Gasteiger partial charge on any atom is -0.493 e. The third-order valence-electron chi connectivity index (χ3n) is 4.08. The molecule has 5 heteroatoms. The number of nitrogens with zero attached hydrogens (tertiary/aromatic N) is 3. The van der Waals surface area contributed by atoms with Crippen LogP contribution in [-0.4, -0.2) is 26.7 Å². The van der Waals surface area contributed by atoms with Gasteiger partial charge in [-0.25, -0.2) is 4.68 Å². The summed E-state index contributed by atoms with van der Waals surface area (Å²) in [5.74, 6) is 1.52. The number of aliphatic hydroxyl groups is 1. The summed E-state index contributed by atoms with van der Waals surface area (Å²) in [6.45, 7) is 3.60. The molecule has 0 saturated heterocycles. The number of unbranched alkanes of at least 4 members (excludes halogenated alkanes) is 1. The lowest BCUT2D eigenvalue weighted by Crippen LogP contribution is -2.07. The van der Waals surface area contributed by atoms with E-state index >= 15 is 0 Å². The Morgan fingerprint density at radius 2 is 2.09 bits per heavy atom. The lowest BCUT2D eigenvalue weighted by molar-refractivity contribution is 0.275. The van der Waals surface area contributed by atoms with E-state index in [9.17, 15) is 5.11 Å². The van der Waals surface area contributed by atoms with Crippen LogP contribution in [0.1, 0.15) is 48.6 Å². The topological polar surface area (TPSA) is 60.2 Å². The molecule has 1 saturated carbocycles. The van der Waals surface area contributed by atoms with Gasteiger partial charge >= 0.3 is 0 Å². The van der Waals surface area contributed by atoms with Crippen LogP contribution < -0.4 is 4.74 Å². The van der Waals surface area contributed by atoms with Gasteiger partial charge in [0.15, 0.2) is 0 Å². The van der Waals surface area contributed by atoms with E-state index < -0.39 is 0 Å². The molecule has 22 heavy (non-hydrogen) atoms. The van der Waals surface area contributed by atoms with Gasteiger partial charge in [-0.2, -0.15) is 0 Å². The fraction of sp³-hybridized carbons (Fsp3) is 0.529. The van der Waals surface area contributed by atoms with E-state index in [2.05, 4.69) is 23.3 Å². The molecule has 1 heterocycles. The van der Waals surface area contributed by atoms with Gasteiger partial charge < -0.3 is 9.84 Å². The van der Waals surface area contributed by atoms with Crippen LogP contribution >= 0.6 is 0 Å². The van der Waals surface area contributed by atoms with Crippen molar-refractivity contribution in [2.24, 2.45) is 0 Å². The zero-order chi connectivity index (χ0) is 15.4. The fourth-order valence-electron chi connectivity index (χ4n) is 2.70. The molecule has 1 N–H and O–H groups in total. The van der Waals surface area contributed by atoms with Gasteiger partial charge in [-0.3, -0.25) is 0 Å². The highest BCUT2D eigenvalue weighted by atomic mass is 16.5. The van der Waals surface area contributed by atoms with Gasteiger partial charge in [-0.05, 0) is 44.2 Å². The molecule has 2 aromatic rings. The number of aromatic nitrogens is 3. The quantitative estimate of drug-likeness (QED) is 0.762. The van der Waals surface area contributed by atoms with Crippen LogP contribution in [0.4, 0.5) is 0 Å². The molecule has 0 radical (unpaired) electrons. The molecule has 0 aliphatic heterocycles. The number of hydrogen-bond donors (Lipinski definition) is 1. The number of benzene rings is 1. The average Bonchev–Trinajstić information content (AvgIpc) is 3.29. The van der Waals surface area contributed by atoms with Crippen LogP contribution in [-0.2, 0) is 13.2 Å². The first kappa shape index (κ1) is 15.0. The van der Waals surface area contributed by atoms with Crippen molar-refractivity contribution in [1.29, 1.82) is 0 Å². The highest BCUT2D eigenvalue weighted by molar-refractivity contribution is 5.31. The number of aliphatic hydroxyl groups excluding tert-OH is 1. The predicted octanol–water partition coefficient (Wildman–Crippen LogP) is 2.82. The lowest BCUT2D eigenvalue weighted by Gasteiger charge is -2.09. The Balaban J connectivity index is 1.46. The van der Waals surface area contributed by atoms with Gasteiger partial charge in [0.05, 0.1) is 18.9 Å². The summed E-state index contributed by atoms with van der Waals surface area (Å²) in [4.78, 5) is 0. The fourth-order valence-corrected chi connectivity index (χ4v) is 2.70. The first-order chi connectivity index (χ1) is 10.8. The number of rotatable bonds is 8. The molecule has 0 amide bonds. The summed E-state index contributed by atoms with van der Waals surface area (Å²) in [5.41, 5.74) is 3.06. The molecule has 5 nitrogen and oxygen atoms in total. The van der Waals surface area contributed by atoms with Crippen molar-refractivity contribution in [3.8, 4) is 5.75 Å². The van der Waals surface area contributed by atoms with Crippen LogP contribution in [0.15, 0.2) is 24.3 Å². The van der Waals surface area contributed by atoms with E-state index in [1.54, 1.807) is 0 Å². The predicted molar refractivity (Wildman–Crippen MR) is 83.8 cm³/mol. The van der Waals surface area contributed by atoms with Gasteiger partial charge in [0.2, 0.25) is 0 Å². The van der Waals surface area contributed by atoms with Crippen LogP contribution in [0.2, 0.25) is 0 Å². The first-order valence-corrected chi connectivity index (χ1v) is 8.01. The summed E-state index contributed by atoms with van der Waals surface area (Å²) in [6, 6.07) is 8.08. The SMILES string of the molecule is Cc1ccccc1OCCCCn1nnc(CO)c1C1CC1. The summed E-state index contributed by atoms with van der Waals surface area (Å²) in [7, 11) is 0. The van der Waals surface area contributed by atoms with Gasteiger partial charge in [-0.15, -0.1) is 5.10 Å². The molecule has 0 unspecified atom stereocenters. The molecule has 0 spiro atoms. The minimum absolute atomic E-state index is 0.0117. The van der Waals surface area contributed by atoms with Crippen molar-refractivity contribution in [3.63, 3.8) is 0 Å². The molecular weight excluding hydrogens is 278 g/mol. The van der Waals surface area contributed by atoms with Gasteiger partial charge in [0.1, 0.15) is 11.4 Å². The Morgan fingerprint density at radius 1 is 1.27 bits per heavy atom. The highest BCUT2D eigenvalue weighted by Gasteiger charge is 2.30. The summed E-state index contributed by atoms with van der Waals surface area (Å²) >= 11 is 0. The van der Waals surface area contributed by atoms with Crippen molar-refractivity contribution in [2.45, 2.75) is 51.7 Å². The molecule has 1 aliphatic carbocycles. The number of ether oxygens (including phenoxy) is 1. The zero-order valence-electron chi connectivity index (χ0n) is 13.0. The van der Waals surface area contributed by atoms with Crippen molar-refractivity contribution >= 4 is 0 Å². The van der Waals surface area contributed by atoms with Crippen molar-refractivity contribution in [3.05, 3.63) is 41.2 Å². The largest absolute Gasteiger partial charge is 0.493 e. The van der Waals surface area contributed by atoms with Crippen molar-refractivity contribution in [1.82, 2.24) is 15.0 Å². The van der Waals surface area contributed by atoms with Crippen molar-refractivity contribution in [2.75, 3.05) is 6.61 Å². The maximum absolute atomic E-state index is 9.33. The summed E-state index contributed by atoms with van der Waals surface area (Å²) in [6.07, 6.45) is 4.36. The normalized spacial score (nSPS) is 14.3. The molecule has 118 valence electrons. The second kappa shape index (κ2) is 6.92. The maximum Gasteiger partial charge on any atom is 0.122 e. The third-order valence-corrected chi connectivity index (χ3v) is 4.08. The van der Waals surface area contributed by atoms with E-state index in [-0.39, 0.29) is 6.61 Å². The zero-order valence-corrected chi connectivity index (χ0v) is 13.0. The minimum atomic E-state index is -0.0117. The molecule has 1 aromatic carbocycles. The molecule has 0 atom stereocenters. The Kier molecular flexibility index (Phi) is 4.73. The monoisotopic (exact) mass is 301 g/mol. The number of para-hydroxylation sites is 1. The molecule has 1 fully saturated rings. The van der Waals surface area contributed by atoms with Gasteiger partial charge in [0.25, 0.3) is 0 Å². The Hall–Kier alpha value is -1.88. The highest BCUT2D eigenvalue weighted by Crippen LogP contribution is 2.41. The average molecular weight is 301 g/mol. The Labute approximate surface area is 130 Å². The molecule has 0 bridgehead atoms. The second-order valence-corrected chi connectivity index (χ2v) is 5.90. The Bertz CT molecular complexity index is 620. The van der Waals surface area contributed by atoms with Crippen LogP contribution in [0, 0.1) is 6.92 Å². The summed E-state index contributed by atoms with van der Waals surface area (Å²) < 4.78 is 7.78. The van der Waals surface area contributed by atoms with Crippen molar-refractivity contribution < 1.29 is 9.84 Å². The third kappa shape index (κ3) is 3.47. The van der Waals surface area contributed by atoms with E-state index in [1.165, 1.54) is 18.4 Å². The molecule has 1 aromatic heterocycles. The molecular formula is C17H23N3O2. The van der Waals surface area contributed by atoms with E-state index in [1.807, 2.05) is 22.9 Å². The van der Waals surface area contributed by atoms with Crippen LogP contribution in [0.5, 0.6) is 5.75 Å². The first-order valence-electron chi connectivity index (χ1n) is 8.01. The Morgan fingerprint density at radius 3 is 2.82 bits per heavy atom. The smallest absolute Gasteiger partial charge is 0.122 e. The second-order valence-electron chi connectivity index (χ2n) is 5.90.